The standard InChI is InChI=1S/C19H22ClNO/c1-15-5-11-19(12-6-15)22-13-3-2-4-18(21)14-16-7-9-17(20)10-8-16/h5-12,21H,2-4,13-14H2,1H3. The van der Waals surface area contributed by atoms with Gasteiger partial charge in [0.1, 0.15) is 5.75 Å². The Morgan fingerprint density at radius 2 is 1.68 bits per heavy atom. The first kappa shape index (κ1) is 16.6. The van der Waals surface area contributed by atoms with Crippen molar-refractivity contribution in [3.63, 3.8) is 0 Å². The van der Waals surface area contributed by atoms with Gasteiger partial charge in [-0.2, -0.15) is 0 Å². The van der Waals surface area contributed by atoms with Crippen molar-refractivity contribution in [1.82, 2.24) is 0 Å². The fourth-order valence-electron chi connectivity index (χ4n) is 2.20. The molecule has 3 heteroatoms. The Bertz CT molecular complexity index is 590. The van der Waals surface area contributed by atoms with Crippen LogP contribution in [0.2, 0.25) is 5.02 Å². The number of hydrogen-bond donors (Lipinski definition) is 1. The number of aryl methyl sites for hydroxylation is 1. The monoisotopic (exact) mass is 315 g/mol. The average molecular weight is 316 g/mol. The molecule has 116 valence electrons. The molecule has 0 heterocycles. The molecule has 0 fully saturated rings. The van der Waals surface area contributed by atoms with Crippen LogP contribution in [0.1, 0.15) is 30.4 Å². The highest BCUT2D eigenvalue weighted by molar-refractivity contribution is 6.30. The molecule has 0 unspecified atom stereocenters. The minimum absolute atomic E-state index is 0.704. The van der Waals surface area contributed by atoms with E-state index in [1.807, 2.05) is 36.4 Å². The number of rotatable bonds is 8. The van der Waals surface area contributed by atoms with Gasteiger partial charge in [0.15, 0.2) is 0 Å². The Kier molecular flexibility index (Phi) is 6.47. The first-order valence-corrected chi connectivity index (χ1v) is 8.01. The average Bonchev–Trinajstić information content (AvgIpc) is 2.51. The van der Waals surface area contributed by atoms with Crippen LogP contribution in [0.4, 0.5) is 0 Å². The topological polar surface area (TPSA) is 33.1 Å². The van der Waals surface area contributed by atoms with Gasteiger partial charge >= 0.3 is 0 Å². The Morgan fingerprint density at radius 1 is 1.00 bits per heavy atom. The molecule has 0 aliphatic carbocycles. The molecule has 0 atom stereocenters. The van der Waals surface area contributed by atoms with Crippen molar-refractivity contribution in [2.75, 3.05) is 6.61 Å². The van der Waals surface area contributed by atoms with Gasteiger partial charge in [-0.25, -0.2) is 0 Å². The summed E-state index contributed by atoms with van der Waals surface area (Å²) in [4.78, 5) is 0. The lowest BCUT2D eigenvalue weighted by Crippen LogP contribution is -2.03. The highest BCUT2D eigenvalue weighted by Gasteiger charge is 2.01. The van der Waals surface area contributed by atoms with Gasteiger partial charge in [-0.05, 0) is 56.0 Å². The summed E-state index contributed by atoms with van der Waals surface area (Å²) in [5.74, 6) is 0.918. The van der Waals surface area contributed by atoms with Crippen LogP contribution in [0.5, 0.6) is 5.75 Å². The fraction of sp³-hybridized carbons (Fsp3) is 0.316. The van der Waals surface area contributed by atoms with Gasteiger partial charge in [0, 0.05) is 17.2 Å². The van der Waals surface area contributed by atoms with Crippen molar-refractivity contribution < 1.29 is 4.74 Å². The first-order valence-electron chi connectivity index (χ1n) is 7.64. The maximum Gasteiger partial charge on any atom is 0.119 e. The van der Waals surface area contributed by atoms with Gasteiger partial charge in [0.25, 0.3) is 0 Å². The van der Waals surface area contributed by atoms with E-state index in [4.69, 9.17) is 21.7 Å². The Morgan fingerprint density at radius 3 is 2.36 bits per heavy atom. The van der Waals surface area contributed by atoms with Crippen LogP contribution in [-0.4, -0.2) is 12.3 Å². The predicted molar refractivity (Wildman–Crippen MR) is 93.4 cm³/mol. The van der Waals surface area contributed by atoms with Crippen LogP contribution in [0.25, 0.3) is 0 Å². The summed E-state index contributed by atoms with van der Waals surface area (Å²) in [6.07, 6.45) is 3.48. The molecule has 2 aromatic carbocycles. The number of ether oxygens (including phenoxy) is 1. The second-order valence-electron chi connectivity index (χ2n) is 5.53. The van der Waals surface area contributed by atoms with Gasteiger partial charge in [-0.15, -0.1) is 0 Å². The molecule has 22 heavy (non-hydrogen) atoms. The van der Waals surface area contributed by atoms with E-state index in [2.05, 4.69) is 19.1 Å². The summed E-state index contributed by atoms with van der Waals surface area (Å²) in [5.41, 5.74) is 3.14. The van der Waals surface area contributed by atoms with Crippen LogP contribution >= 0.6 is 11.6 Å². The zero-order valence-corrected chi connectivity index (χ0v) is 13.7. The number of benzene rings is 2. The molecule has 0 saturated carbocycles. The molecule has 0 radical (unpaired) electrons. The molecule has 2 rings (SSSR count). The van der Waals surface area contributed by atoms with Crippen molar-refractivity contribution in [1.29, 1.82) is 5.41 Å². The molecule has 2 aromatic rings. The molecule has 2 nitrogen and oxygen atoms in total. The summed E-state index contributed by atoms with van der Waals surface area (Å²) >= 11 is 5.86. The van der Waals surface area contributed by atoms with Gasteiger partial charge in [0.05, 0.1) is 6.61 Å². The highest BCUT2D eigenvalue weighted by Crippen LogP contribution is 2.13. The third-order valence-electron chi connectivity index (χ3n) is 3.49. The Balaban J connectivity index is 1.61. The number of halogens is 1. The van der Waals surface area contributed by atoms with Gasteiger partial charge < -0.3 is 10.1 Å². The van der Waals surface area contributed by atoms with Crippen LogP contribution in [-0.2, 0) is 6.42 Å². The van der Waals surface area contributed by atoms with Crippen molar-refractivity contribution in [2.45, 2.75) is 32.6 Å². The number of hydrogen-bond acceptors (Lipinski definition) is 2. The maximum atomic E-state index is 8.03. The van der Waals surface area contributed by atoms with Crippen LogP contribution in [0.15, 0.2) is 48.5 Å². The maximum absolute atomic E-state index is 8.03. The van der Waals surface area contributed by atoms with Crippen LogP contribution in [0.3, 0.4) is 0 Å². The molecule has 0 amide bonds. The molecule has 1 N–H and O–H groups in total. The third kappa shape index (κ3) is 5.90. The Labute approximate surface area is 137 Å². The molecule has 0 aromatic heterocycles. The second kappa shape index (κ2) is 8.60. The van der Waals surface area contributed by atoms with Gasteiger partial charge in [-0.3, -0.25) is 0 Å². The van der Waals surface area contributed by atoms with E-state index >= 15 is 0 Å². The van der Waals surface area contributed by atoms with Crippen molar-refractivity contribution in [3.8, 4) is 5.75 Å². The van der Waals surface area contributed by atoms with E-state index in [1.165, 1.54) is 5.56 Å². The Hall–Kier alpha value is -1.80. The molecular formula is C19H22ClNO. The first-order chi connectivity index (χ1) is 10.6. The smallest absolute Gasteiger partial charge is 0.119 e. The SMILES string of the molecule is Cc1ccc(OCCCCC(=N)Cc2ccc(Cl)cc2)cc1. The largest absolute Gasteiger partial charge is 0.494 e. The quantitative estimate of drug-likeness (QED) is 0.509. The van der Waals surface area contributed by atoms with Crippen molar-refractivity contribution in [3.05, 3.63) is 64.7 Å². The molecule has 0 aliphatic heterocycles. The summed E-state index contributed by atoms with van der Waals surface area (Å²) in [5, 5.41) is 8.77. The summed E-state index contributed by atoms with van der Waals surface area (Å²) < 4.78 is 5.69. The van der Waals surface area contributed by atoms with Gasteiger partial charge in [0.2, 0.25) is 0 Å². The second-order valence-corrected chi connectivity index (χ2v) is 5.96. The lowest BCUT2D eigenvalue weighted by molar-refractivity contribution is 0.308. The minimum Gasteiger partial charge on any atom is -0.494 e. The highest BCUT2D eigenvalue weighted by atomic mass is 35.5. The number of unbranched alkanes of at least 4 members (excludes halogenated alkanes) is 1. The van der Waals surface area contributed by atoms with E-state index in [0.717, 1.165) is 41.3 Å². The molecular weight excluding hydrogens is 294 g/mol. The third-order valence-corrected chi connectivity index (χ3v) is 3.75. The molecule has 0 spiro atoms. The number of nitrogens with one attached hydrogen (secondary N) is 1. The molecule has 0 bridgehead atoms. The van der Waals surface area contributed by atoms with Crippen molar-refractivity contribution >= 4 is 17.3 Å². The minimum atomic E-state index is 0.704. The predicted octanol–water partition coefficient (Wildman–Crippen LogP) is 5.46. The lowest BCUT2D eigenvalue weighted by Gasteiger charge is -2.07. The van der Waals surface area contributed by atoms with E-state index in [1.54, 1.807) is 0 Å². The summed E-state index contributed by atoms with van der Waals surface area (Å²) in [6.45, 7) is 2.77. The fourth-order valence-corrected chi connectivity index (χ4v) is 2.33. The van der Waals surface area contributed by atoms with Gasteiger partial charge in [-0.1, -0.05) is 41.4 Å². The molecule has 0 saturated heterocycles. The lowest BCUT2D eigenvalue weighted by atomic mass is 10.0. The van der Waals surface area contributed by atoms with Crippen LogP contribution < -0.4 is 4.74 Å². The van der Waals surface area contributed by atoms with E-state index in [9.17, 15) is 0 Å². The van der Waals surface area contributed by atoms with Crippen LogP contribution in [0, 0.1) is 12.3 Å². The van der Waals surface area contributed by atoms with E-state index in [0.29, 0.717) is 13.0 Å². The molecule has 0 aliphatic rings. The summed E-state index contributed by atoms with van der Waals surface area (Å²) in [7, 11) is 0. The van der Waals surface area contributed by atoms with E-state index in [-0.39, 0.29) is 0 Å². The zero-order chi connectivity index (χ0) is 15.8. The van der Waals surface area contributed by atoms with Crippen molar-refractivity contribution in [2.24, 2.45) is 0 Å². The normalized spacial score (nSPS) is 10.5. The summed E-state index contributed by atoms with van der Waals surface area (Å²) in [6, 6.07) is 15.8. The zero-order valence-electron chi connectivity index (χ0n) is 12.9. The van der Waals surface area contributed by atoms with E-state index < -0.39 is 0 Å².